The molecule has 12 nitrogen and oxygen atoms in total. The molecular weight excluding hydrogens is 647 g/mol. The first-order valence-electron chi connectivity index (χ1n) is 16.8. The number of piperazine rings is 1. The van der Waals surface area contributed by atoms with Crippen LogP contribution in [-0.2, 0) is 0 Å². The molecule has 5 heterocycles. The number of hydrogen-bond donors (Lipinski definition) is 3. The van der Waals surface area contributed by atoms with E-state index in [9.17, 15) is 13.2 Å². The van der Waals surface area contributed by atoms with Crippen LogP contribution in [0.3, 0.4) is 0 Å². The molecule has 0 aliphatic carbocycles. The van der Waals surface area contributed by atoms with Crippen LogP contribution in [0.2, 0.25) is 0 Å². The Morgan fingerprint density at radius 1 is 0.940 bits per heavy atom. The minimum absolute atomic E-state index is 0.0804. The van der Waals surface area contributed by atoms with Crippen molar-refractivity contribution in [3.63, 3.8) is 0 Å². The number of aromatic amines is 1. The molecular formula is C35H42F3N11O. The second-order valence-electron chi connectivity index (χ2n) is 13.3. The number of nitrogens with zero attached hydrogens (tertiary/aromatic N) is 8. The molecule has 0 radical (unpaired) electrons. The van der Waals surface area contributed by atoms with Crippen LogP contribution in [-0.4, -0.2) is 114 Å². The number of rotatable bonds is 9. The SMILES string of the molecule is Cc1cc(Nc2nc(Nc3ccc4nccnc4c3N(C)C)c3cc[nH]c3n2)c(OCC(F)(F)F)cc1N1CCC(N2CCN(C)CC2)CC1. The van der Waals surface area contributed by atoms with E-state index in [2.05, 4.69) is 52.3 Å². The Kier molecular flexibility index (Phi) is 9.26. The lowest BCUT2D eigenvalue weighted by molar-refractivity contribution is -0.153. The Balaban J connectivity index is 1.17. The van der Waals surface area contributed by atoms with Crippen LogP contribution in [0.1, 0.15) is 18.4 Å². The van der Waals surface area contributed by atoms with Gasteiger partial charge in [-0.25, -0.2) is 0 Å². The summed E-state index contributed by atoms with van der Waals surface area (Å²) in [6.45, 7) is 6.46. The van der Waals surface area contributed by atoms with Crippen LogP contribution in [0, 0.1) is 6.92 Å². The van der Waals surface area contributed by atoms with E-state index in [1.165, 1.54) is 0 Å². The summed E-state index contributed by atoms with van der Waals surface area (Å²) in [4.78, 5) is 30.7. The van der Waals surface area contributed by atoms with Crippen molar-refractivity contribution in [1.82, 2.24) is 34.7 Å². The molecule has 3 N–H and O–H groups in total. The van der Waals surface area contributed by atoms with Gasteiger partial charge in [-0.2, -0.15) is 23.1 Å². The molecule has 15 heteroatoms. The van der Waals surface area contributed by atoms with Crippen molar-refractivity contribution in [3.05, 3.63) is 54.5 Å². The highest BCUT2D eigenvalue weighted by molar-refractivity contribution is 5.99. The smallest absolute Gasteiger partial charge is 0.422 e. The molecule has 2 aliphatic heterocycles. The number of piperidine rings is 1. The van der Waals surface area contributed by atoms with Gasteiger partial charge in [0.2, 0.25) is 5.95 Å². The molecule has 0 amide bonds. The summed E-state index contributed by atoms with van der Waals surface area (Å²) in [5, 5.41) is 7.35. The van der Waals surface area contributed by atoms with Crippen molar-refractivity contribution in [3.8, 4) is 5.75 Å². The lowest BCUT2D eigenvalue weighted by Gasteiger charge is -2.43. The molecule has 0 unspecified atom stereocenters. The fraction of sp³-hybridized carbons (Fsp3) is 0.429. The number of ether oxygens (including phenoxy) is 1. The molecule has 2 fully saturated rings. The maximum Gasteiger partial charge on any atom is 0.422 e. The van der Waals surface area contributed by atoms with E-state index >= 15 is 0 Å². The van der Waals surface area contributed by atoms with E-state index in [1.807, 2.05) is 50.2 Å². The second-order valence-corrected chi connectivity index (χ2v) is 13.3. The fourth-order valence-electron chi connectivity index (χ4n) is 6.97. The third-order valence-corrected chi connectivity index (χ3v) is 9.53. The van der Waals surface area contributed by atoms with E-state index < -0.39 is 12.8 Å². The average molecular weight is 690 g/mol. The predicted octanol–water partition coefficient (Wildman–Crippen LogP) is 5.92. The number of alkyl halides is 3. The number of anilines is 6. The number of aryl methyl sites for hydroxylation is 1. The normalized spacial score (nSPS) is 16.7. The number of likely N-dealkylation sites (N-methyl/N-ethyl adjacent to an activating group) is 1. The van der Waals surface area contributed by atoms with Crippen molar-refractivity contribution in [1.29, 1.82) is 0 Å². The third-order valence-electron chi connectivity index (χ3n) is 9.53. The van der Waals surface area contributed by atoms with Gasteiger partial charge in [0.1, 0.15) is 22.7 Å². The molecule has 50 heavy (non-hydrogen) atoms. The van der Waals surface area contributed by atoms with E-state index in [4.69, 9.17) is 9.72 Å². The highest BCUT2D eigenvalue weighted by Crippen LogP contribution is 2.39. The molecule has 0 bridgehead atoms. The zero-order valence-corrected chi connectivity index (χ0v) is 28.7. The van der Waals surface area contributed by atoms with Crippen LogP contribution in [0.25, 0.3) is 22.1 Å². The lowest BCUT2D eigenvalue weighted by Crippen LogP contribution is -2.52. The van der Waals surface area contributed by atoms with Crippen molar-refractivity contribution >= 4 is 56.6 Å². The van der Waals surface area contributed by atoms with Crippen LogP contribution in [0.5, 0.6) is 5.75 Å². The Bertz CT molecular complexity index is 1970. The van der Waals surface area contributed by atoms with Crippen molar-refractivity contribution in [2.45, 2.75) is 32.0 Å². The minimum Gasteiger partial charge on any atom is -0.482 e. The molecule has 0 atom stereocenters. The second kappa shape index (κ2) is 13.8. The highest BCUT2D eigenvalue weighted by atomic mass is 19.4. The number of benzene rings is 2. The molecule has 2 aromatic carbocycles. The first kappa shape index (κ1) is 33.6. The number of H-pyrrole nitrogens is 1. The Hall–Kier alpha value is -4.89. The van der Waals surface area contributed by atoms with Crippen LogP contribution in [0.15, 0.2) is 48.9 Å². The van der Waals surface area contributed by atoms with E-state index in [0.717, 1.165) is 91.2 Å². The summed E-state index contributed by atoms with van der Waals surface area (Å²) in [5.41, 5.74) is 5.73. The summed E-state index contributed by atoms with van der Waals surface area (Å²) in [6.07, 6.45) is 2.56. The number of nitrogens with one attached hydrogen (secondary N) is 3. The molecule has 7 rings (SSSR count). The van der Waals surface area contributed by atoms with Crippen LogP contribution in [0.4, 0.5) is 47.7 Å². The summed E-state index contributed by atoms with van der Waals surface area (Å²) in [7, 11) is 6.01. The Morgan fingerprint density at radius 3 is 2.44 bits per heavy atom. The van der Waals surface area contributed by atoms with E-state index in [0.29, 0.717) is 23.2 Å². The average Bonchev–Trinajstić information content (AvgIpc) is 3.57. The monoisotopic (exact) mass is 689 g/mol. The summed E-state index contributed by atoms with van der Waals surface area (Å²) < 4.78 is 45.8. The molecule has 0 saturated carbocycles. The summed E-state index contributed by atoms with van der Waals surface area (Å²) in [6, 6.07) is 9.71. The maximum atomic E-state index is 13.5. The van der Waals surface area contributed by atoms with Crippen molar-refractivity contribution in [2.75, 3.05) is 87.5 Å². The van der Waals surface area contributed by atoms with Gasteiger partial charge in [0.05, 0.1) is 28.0 Å². The van der Waals surface area contributed by atoms with E-state index in [-0.39, 0.29) is 11.7 Å². The standard InChI is InChI=1S/C35H42F3N11O/c1-22-19-27(29(50-21-35(36,37)38)20-28(22)49-13-8-23(9-14-49)48-17-15-47(4)16-18-48)43-34-44-32-24(7-10-41-32)33(45-34)42-26-6-5-25-30(31(26)46(2)3)40-12-11-39-25/h5-7,10-12,19-20,23H,8-9,13-18,21H2,1-4H3,(H3,41,42,43,44,45). The first-order valence-corrected chi connectivity index (χ1v) is 16.8. The van der Waals surface area contributed by atoms with Crippen molar-refractivity contribution < 1.29 is 17.9 Å². The quantitative estimate of drug-likeness (QED) is 0.172. The Morgan fingerprint density at radius 2 is 1.70 bits per heavy atom. The van der Waals surface area contributed by atoms with Gasteiger partial charge in [-0.1, -0.05) is 0 Å². The molecule has 5 aromatic rings. The molecule has 2 saturated heterocycles. The Labute approximate surface area is 288 Å². The largest absolute Gasteiger partial charge is 0.482 e. The first-order chi connectivity index (χ1) is 24.0. The van der Waals surface area contributed by atoms with Gasteiger partial charge < -0.3 is 35.1 Å². The number of fused-ring (bicyclic) bond motifs is 2. The number of halogens is 3. The molecule has 2 aliphatic rings. The zero-order valence-electron chi connectivity index (χ0n) is 28.7. The molecule has 3 aromatic heterocycles. The minimum atomic E-state index is -4.51. The van der Waals surface area contributed by atoms with Crippen LogP contribution < -0.4 is 25.2 Å². The van der Waals surface area contributed by atoms with Gasteiger partial charge in [0.15, 0.2) is 6.61 Å². The van der Waals surface area contributed by atoms with Gasteiger partial charge in [-0.05, 0) is 56.6 Å². The predicted molar refractivity (Wildman–Crippen MR) is 191 cm³/mol. The van der Waals surface area contributed by atoms with Gasteiger partial charge in [-0.3, -0.25) is 14.9 Å². The summed E-state index contributed by atoms with van der Waals surface area (Å²) in [5.74, 6) is 0.766. The topological polar surface area (TPSA) is 114 Å². The van der Waals surface area contributed by atoms with E-state index in [1.54, 1.807) is 24.7 Å². The number of hydrogen-bond acceptors (Lipinski definition) is 11. The molecule has 264 valence electrons. The van der Waals surface area contributed by atoms with Gasteiger partial charge in [0, 0.05) is 89.8 Å². The summed E-state index contributed by atoms with van der Waals surface area (Å²) >= 11 is 0. The lowest BCUT2D eigenvalue weighted by atomic mass is 10.0. The number of aromatic nitrogens is 5. The fourth-order valence-corrected chi connectivity index (χ4v) is 6.97. The van der Waals surface area contributed by atoms with Crippen LogP contribution >= 0.6 is 0 Å². The van der Waals surface area contributed by atoms with Crippen molar-refractivity contribution in [2.24, 2.45) is 0 Å². The van der Waals surface area contributed by atoms with Gasteiger partial charge in [-0.15, -0.1) is 0 Å². The van der Waals surface area contributed by atoms with Gasteiger partial charge >= 0.3 is 6.18 Å². The third kappa shape index (κ3) is 7.19. The van der Waals surface area contributed by atoms with Gasteiger partial charge in [0.25, 0.3) is 0 Å². The molecule has 0 spiro atoms. The highest BCUT2D eigenvalue weighted by Gasteiger charge is 2.31. The maximum absolute atomic E-state index is 13.5. The zero-order chi connectivity index (χ0) is 35.0.